The summed E-state index contributed by atoms with van der Waals surface area (Å²) in [7, 11) is 0. The fourth-order valence-electron chi connectivity index (χ4n) is 4.74. The van der Waals surface area contributed by atoms with Gasteiger partial charge in [-0.05, 0) is 115 Å². The average molecular weight is 713 g/mol. The van der Waals surface area contributed by atoms with E-state index in [1.54, 1.807) is 24.4 Å². The summed E-state index contributed by atoms with van der Waals surface area (Å²) in [6.07, 6.45) is 1.54. The number of carbonyl (C=O) groups excluding carboxylic acids is 2. The third kappa shape index (κ3) is 7.98. The summed E-state index contributed by atoms with van der Waals surface area (Å²) in [5.41, 5.74) is 9.85. The summed E-state index contributed by atoms with van der Waals surface area (Å²) >= 11 is 2.13. The van der Waals surface area contributed by atoms with Crippen molar-refractivity contribution in [2.24, 2.45) is 5.10 Å². The molecule has 0 fully saturated rings. The molecule has 0 unspecified atom stereocenters. The zero-order valence-corrected chi connectivity index (χ0v) is 27.4. The normalized spacial score (nSPS) is 10.9. The van der Waals surface area contributed by atoms with E-state index in [0.717, 1.165) is 31.8 Å². The summed E-state index contributed by atoms with van der Waals surface area (Å²) in [4.78, 5) is 25.3. The van der Waals surface area contributed by atoms with Crippen molar-refractivity contribution in [2.45, 2.75) is 20.8 Å². The third-order valence-corrected chi connectivity index (χ3v) is 7.73. The minimum Gasteiger partial charge on any atom is -0.490 e. The Bertz CT molecular complexity index is 1820. The lowest BCUT2D eigenvalue weighted by atomic mass is 10.1. The van der Waals surface area contributed by atoms with Crippen molar-refractivity contribution < 1.29 is 19.1 Å². The molecule has 1 heterocycles. The van der Waals surface area contributed by atoms with Gasteiger partial charge in [0.15, 0.2) is 18.1 Å². The number of rotatable bonds is 11. The molecule has 45 heavy (non-hydrogen) atoms. The standard InChI is InChI=1S/C36H33IN4O4/c1-4-44-33-21-26(20-31(37)35(33)45-23-34(42)39-29-15-10-24(2)11-16-29)22-38-40-36(43)28-13-17-30(18-14-28)41-25(3)12-19-32(41)27-8-6-5-7-9-27/h5-22H,4,23H2,1-3H3,(H,39,42)(H,40,43)/b38-22+. The van der Waals surface area contributed by atoms with Crippen LogP contribution in [0.1, 0.15) is 34.1 Å². The molecule has 0 radical (unpaired) electrons. The highest BCUT2D eigenvalue weighted by molar-refractivity contribution is 14.1. The molecule has 5 rings (SSSR count). The second-order valence-corrected chi connectivity index (χ2v) is 11.4. The third-order valence-electron chi connectivity index (χ3n) is 6.93. The Kier molecular flexibility index (Phi) is 10.3. The first-order chi connectivity index (χ1) is 21.8. The summed E-state index contributed by atoms with van der Waals surface area (Å²) < 4.78 is 14.5. The number of hydrogen-bond acceptors (Lipinski definition) is 5. The topological polar surface area (TPSA) is 93.9 Å². The molecule has 2 N–H and O–H groups in total. The lowest BCUT2D eigenvalue weighted by Gasteiger charge is -2.14. The van der Waals surface area contributed by atoms with E-state index in [1.807, 2.05) is 74.5 Å². The Morgan fingerprint density at radius 1 is 0.889 bits per heavy atom. The van der Waals surface area contributed by atoms with Crippen LogP contribution < -0.4 is 20.2 Å². The molecular formula is C36H33IN4O4. The van der Waals surface area contributed by atoms with E-state index in [4.69, 9.17) is 9.47 Å². The second-order valence-electron chi connectivity index (χ2n) is 10.3. The average Bonchev–Trinajstić information content (AvgIpc) is 3.43. The van der Waals surface area contributed by atoms with Gasteiger partial charge in [0.25, 0.3) is 11.8 Å². The smallest absolute Gasteiger partial charge is 0.271 e. The van der Waals surface area contributed by atoms with E-state index in [0.29, 0.717) is 34.9 Å². The Labute approximate surface area is 276 Å². The number of nitrogens with one attached hydrogen (secondary N) is 2. The van der Waals surface area contributed by atoms with Crippen molar-refractivity contribution in [3.05, 3.63) is 129 Å². The zero-order valence-electron chi connectivity index (χ0n) is 25.2. The molecule has 0 aliphatic rings. The monoisotopic (exact) mass is 712 g/mol. The van der Waals surface area contributed by atoms with Crippen molar-refractivity contribution in [1.29, 1.82) is 0 Å². The van der Waals surface area contributed by atoms with Crippen LogP contribution in [0.2, 0.25) is 0 Å². The number of hydrazone groups is 1. The highest BCUT2D eigenvalue weighted by atomic mass is 127. The number of aromatic nitrogens is 1. The molecular weight excluding hydrogens is 679 g/mol. The van der Waals surface area contributed by atoms with Crippen LogP contribution in [-0.2, 0) is 4.79 Å². The number of carbonyl (C=O) groups is 2. The van der Waals surface area contributed by atoms with Gasteiger partial charge in [-0.2, -0.15) is 5.10 Å². The molecule has 5 aromatic rings. The second kappa shape index (κ2) is 14.7. The van der Waals surface area contributed by atoms with Crippen LogP contribution >= 0.6 is 22.6 Å². The van der Waals surface area contributed by atoms with Gasteiger partial charge in [0, 0.05) is 22.6 Å². The molecule has 8 nitrogen and oxygen atoms in total. The maximum Gasteiger partial charge on any atom is 0.271 e. The Morgan fingerprint density at radius 2 is 1.62 bits per heavy atom. The number of anilines is 1. The quantitative estimate of drug-likeness (QED) is 0.0841. The predicted octanol–water partition coefficient (Wildman–Crippen LogP) is 7.55. The van der Waals surface area contributed by atoms with Crippen LogP contribution in [0.15, 0.2) is 108 Å². The number of hydrogen-bond donors (Lipinski definition) is 2. The lowest BCUT2D eigenvalue weighted by molar-refractivity contribution is -0.118. The van der Waals surface area contributed by atoms with Gasteiger partial charge in [-0.25, -0.2) is 5.43 Å². The number of nitrogens with zero attached hydrogens (tertiary/aromatic N) is 2. The van der Waals surface area contributed by atoms with Gasteiger partial charge in [0.1, 0.15) is 0 Å². The lowest BCUT2D eigenvalue weighted by Crippen LogP contribution is -2.20. The Balaban J connectivity index is 1.22. The predicted molar refractivity (Wildman–Crippen MR) is 187 cm³/mol. The van der Waals surface area contributed by atoms with Gasteiger partial charge >= 0.3 is 0 Å². The van der Waals surface area contributed by atoms with Crippen molar-refractivity contribution in [1.82, 2.24) is 9.99 Å². The largest absolute Gasteiger partial charge is 0.490 e. The minimum atomic E-state index is -0.329. The van der Waals surface area contributed by atoms with Gasteiger partial charge in [0.05, 0.1) is 22.1 Å². The van der Waals surface area contributed by atoms with Gasteiger partial charge < -0.3 is 19.4 Å². The maximum atomic E-state index is 12.9. The van der Waals surface area contributed by atoms with Crippen LogP contribution in [0.25, 0.3) is 16.9 Å². The molecule has 0 spiro atoms. The molecule has 4 aromatic carbocycles. The van der Waals surface area contributed by atoms with E-state index in [9.17, 15) is 9.59 Å². The van der Waals surface area contributed by atoms with Crippen LogP contribution in [0.4, 0.5) is 5.69 Å². The van der Waals surface area contributed by atoms with Gasteiger partial charge in [0.2, 0.25) is 0 Å². The van der Waals surface area contributed by atoms with Crippen LogP contribution in [0.3, 0.4) is 0 Å². The highest BCUT2D eigenvalue weighted by Crippen LogP contribution is 2.34. The van der Waals surface area contributed by atoms with Crippen LogP contribution in [0, 0.1) is 17.4 Å². The van der Waals surface area contributed by atoms with Gasteiger partial charge in [-0.1, -0.05) is 48.0 Å². The number of benzene rings is 4. The Morgan fingerprint density at radius 3 is 2.33 bits per heavy atom. The maximum absolute atomic E-state index is 12.9. The van der Waals surface area contributed by atoms with Gasteiger partial charge in [-0.3, -0.25) is 9.59 Å². The molecule has 0 saturated carbocycles. The Hall–Kier alpha value is -4.90. The molecule has 0 aliphatic heterocycles. The van der Waals surface area contributed by atoms with Crippen molar-refractivity contribution >= 4 is 46.3 Å². The van der Waals surface area contributed by atoms with E-state index in [2.05, 4.69) is 74.2 Å². The van der Waals surface area contributed by atoms with Crippen molar-refractivity contribution in [3.63, 3.8) is 0 Å². The SMILES string of the molecule is CCOc1cc(/C=N/NC(=O)c2ccc(-n3c(C)ccc3-c3ccccc3)cc2)cc(I)c1OCC(=O)Nc1ccc(C)cc1. The van der Waals surface area contributed by atoms with E-state index < -0.39 is 0 Å². The first-order valence-corrected chi connectivity index (χ1v) is 15.5. The molecule has 0 saturated heterocycles. The summed E-state index contributed by atoms with van der Waals surface area (Å²) in [5, 5.41) is 6.99. The number of aryl methyl sites for hydroxylation is 2. The fraction of sp³-hybridized carbons (Fsp3) is 0.139. The first kappa shape index (κ1) is 31.5. The van der Waals surface area contributed by atoms with E-state index in [1.165, 1.54) is 0 Å². The molecule has 0 aliphatic carbocycles. The molecule has 1 aromatic heterocycles. The molecule has 0 bridgehead atoms. The summed E-state index contributed by atoms with van der Waals surface area (Å²) in [6.45, 7) is 6.14. The number of halogens is 1. The van der Waals surface area contributed by atoms with Crippen molar-refractivity contribution in [2.75, 3.05) is 18.5 Å². The number of ether oxygens (including phenoxy) is 2. The number of amides is 2. The van der Waals surface area contributed by atoms with Crippen molar-refractivity contribution in [3.8, 4) is 28.4 Å². The fourth-order valence-corrected chi connectivity index (χ4v) is 5.53. The molecule has 0 atom stereocenters. The van der Waals surface area contributed by atoms with Crippen LogP contribution in [-0.4, -0.2) is 35.8 Å². The molecule has 2 amide bonds. The highest BCUT2D eigenvalue weighted by Gasteiger charge is 2.15. The molecule has 9 heteroatoms. The van der Waals surface area contributed by atoms with Crippen LogP contribution in [0.5, 0.6) is 11.5 Å². The minimum absolute atomic E-state index is 0.177. The van der Waals surface area contributed by atoms with Gasteiger partial charge in [-0.15, -0.1) is 0 Å². The molecule has 228 valence electrons. The first-order valence-electron chi connectivity index (χ1n) is 14.5. The van der Waals surface area contributed by atoms with E-state index in [-0.39, 0.29) is 18.4 Å². The van der Waals surface area contributed by atoms with E-state index >= 15 is 0 Å². The summed E-state index contributed by atoms with van der Waals surface area (Å²) in [6, 6.07) is 32.9. The summed E-state index contributed by atoms with van der Waals surface area (Å²) in [5.74, 6) is 0.334. The zero-order chi connectivity index (χ0) is 31.8.